The van der Waals surface area contributed by atoms with Crippen LogP contribution >= 0.6 is 11.6 Å². The van der Waals surface area contributed by atoms with E-state index < -0.39 is 0 Å². The number of nitrogens with zero attached hydrogens (tertiary/aromatic N) is 4. The fourth-order valence-electron chi connectivity index (χ4n) is 4.19. The molecular formula is C23H21ClN6O3. The van der Waals surface area contributed by atoms with E-state index in [4.69, 9.17) is 16.3 Å². The van der Waals surface area contributed by atoms with Crippen LogP contribution in [0.4, 0.5) is 0 Å². The summed E-state index contributed by atoms with van der Waals surface area (Å²) in [5, 5.41) is 18.4. The van der Waals surface area contributed by atoms with Gasteiger partial charge in [0, 0.05) is 29.1 Å². The summed E-state index contributed by atoms with van der Waals surface area (Å²) in [5.74, 6) is 0.557. The highest BCUT2D eigenvalue weighted by Gasteiger charge is 2.28. The summed E-state index contributed by atoms with van der Waals surface area (Å²) in [6.45, 7) is 0.873. The first-order valence-corrected chi connectivity index (χ1v) is 10.9. The molecule has 33 heavy (non-hydrogen) atoms. The number of aryl methyl sites for hydroxylation is 1. The number of ether oxygens (including phenoxy) is 1. The van der Waals surface area contributed by atoms with E-state index in [1.807, 2.05) is 6.07 Å². The van der Waals surface area contributed by atoms with Gasteiger partial charge in [0.05, 0.1) is 19.3 Å². The van der Waals surface area contributed by atoms with Crippen LogP contribution in [0, 0.1) is 0 Å². The molecule has 0 saturated heterocycles. The number of aromatic nitrogens is 5. The molecule has 0 spiro atoms. The van der Waals surface area contributed by atoms with E-state index in [0.29, 0.717) is 59.0 Å². The van der Waals surface area contributed by atoms with Gasteiger partial charge < -0.3 is 9.64 Å². The van der Waals surface area contributed by atoms with E-state index in [-0.39, 0.29) is 18.1 Å². The Hall–Kier alpha value is -3.72. The number of hydrogen-bond donors (Lipinski definition) is 2. The van der Waals surface area contributed by atoms with Crippen molar-refractivity contribution in [1.29, 1.82) is 0 Å². The minimum atomic E-state index is -0.0962. The van der Waals surface area contributed by atoms with Gasteiger partial charge in [-0.05, 0) is 54.8 Å². The Morgan fingerprint density at radius 1 is 1.12 bits per heavy atom. The number of ketones is 1. The monoisotopic (exact) mass is 464 g/mol. The smallest absolute Gasteiger partial charge is 0.254 e. The van der Waals surface area contributed by atoms with E-state index >= 15 is 0 Å². The number of methoxy groups -OCH3 is 1. The summed E-state index contributed by atoms with van der Waals surface area (Å²) in [7, 11) is 1.59. The van der Waals surface area contributed by atoms with Gasteiger partial charge in [0.25, 0.3) is 5.91 Å². The van der Waals surface area contributed by atoms with Crippen LogP contribution < -0.4 is 4.74 Å². The summed E-state index contributed by atoms with van der Waals surface area (Å²) < 4.78 is 5.37. The minimum Gasteiger partial charge on any atom is -0.496 e. The van der Waals surface area contributed by atoms with E-state index in [1.165, 1.54) is 0 Å². The Balaban J connectivity index is 1.28. The van der Waals surface area contributed by atoms with Crippen molar-refractivity contribution in [3.63, 3.8) is 0 Å². The zero-order valence-electron chi connectivity index (χ0n) is 17.9. The van der Waals surface area contributed by atoms with Crippen molar-refractivity contribution in [3.8, 4) is 5.75 Å². The molecule has 0 unspecified atom stereocenters. The molecule has 0 atom stereocenters. The fourth-order valence-corrected chi connectivity index (χ4v) is 4.38. The molecule has 4 aromatic rings. The number of rotatable bonds is 6. The van der Waals surface area contributed by atoms with Crippen LogP contribution in [-0.4, -0.2) is 55.9 Å². The van der Waals surface area contributed by atoms with Gasteiger partial charge in [0.2, 0.25) is 0 Å². The minimum absolute atomic E-state index is 0.0502. The standard InChI is InChI=1S/C23H21ClN6O3/c1-33-21-7-4-15(24)10-13(21)3-6-20(31)22-16-8-9-30(12-19(16)25-28-22)23(32)14-2-5-17-18(11-14)27-29-26-17/h2,4-5,7,10-11H,3,6,8-9,12H2,1H3,(H,25,28)(H,26,27,29). The summed E-state index contributed by atoms with van der Waals surface area (Å²) in [5.41, 5.74) is 4.90. The molecule has 1 amide bonds. The summed E-state index contributed by atoms with van der Waals surface area (Å²) in [6.07, 6.45) is 1.35. The van der Waals surface area contributed by atoms with Gasteiger partial charge in [0.1, 0.15) is 22.5 Å². The predicted molar refractivity (Wildman–Crippen MR) is 122 cm³/mol. The molecule has 2 aromatic heterocycles. The third-order valence-electron chi connectivity index (χ3n) is 5.91. The van der Waals surface area contributed by atoms with Crippen LogP contribution in [0.15, 0.2) is 36.4 Å². The Kier molecular flexibility index (Phi) is 5.55. The summed E-state index contributed by atoms with van der Waals surface area (Å²) in [4.78, 5) is 27.7. The number of carbonyl (C=O) groups is 2. The molecule has 1 aliphatic rings. The molecule has 0 radical (unpaired) electrons. The molecule has 2 N–H and O–H groups in total. The number of carbonyl (C=O) groups excluding carboxylic acids is 2. The molecule has 9 nitrogen and oxygen atoms in total. The lowest BCUT2D eigenvalue weighted by atomic mass is 9.98. The van der Waals surface area contributed by atoms with Crippen molar-refractivity contribution in [2.45, 2.75) is 25.8 Å². The van der Waals surface area contributed by atoms with Crippen LogP contribution in [0.5, 0.6) is 5.75 Å². The summed E-state index contributed by atoms with van der Waals surface area (Å²) in [6, 6.07) is 10.6. The molecule has 0 aliphatic carbocycles. The van der Waals surface area contributed by atoms with Gasteiger partial charge in [0.15, 0.2) is 5.78 Å². The number of amides is 1. The van der Waals surface area contributed by atoms with E-state index in [0.717, 1.165) is 16.8 Å². The maximum absolute atomic E-state index is 13.0. The molecule has 0 saturated carbocycles. The van der Waals surface area contributed by atoms with Crippen LogP contribution in [0.2, 0.25) is 5.02 Å². The number of Topliss-reactive ketones (excluding diaryl/α,β-unsaturated/α-hetero) is 1. The van der Waals surface area contributed by atoms with Gasteiger partial charge in [-0.15, -0.1) is 0 Å². The van der Waals surface area contributed by atoms with Gasteiger partial charge in [-0.3, -0.25) is 14.7 Å². The average Bonchev–Trinajstić information content (AvgIpc) is 3.48. The lowest BCUT2D eigenvalue weighted by Crippen LogP contribution is -2.36. The van der Waals surface area contributed by atoms with Crippen LogP contribution in [0.3, 0.4) is 0 Å². The quantitative estimate of drug-likeness (QED) is 0.422. The Morgan fingerprint density at radius 2 is 1.97 bits per heavy atom. The largest absolute Gasteiger partial charge is 0.496 e. The van der Waals surface area contributed by atoms with Crippen molar-refractivity contribution >= 4 is 34.3 Å². The highest BCUT2D eigenvalue weighted by Crippen LogP contribution is 2.26. The SMILES string of the molecule is COc1ccc(Cl)cc1CCC(=O)c1n[nH]c2c1CCN(C(=O)c1ccc3n[nH]nc3c1)C2. The van der Waals surface area contributed by atoms with Crippen molar-refractivity contribution in [1.82, 2.24) is 30.5 Å². The molecule has 5 rings (SSSR count). The maximum Gasteiger partial charge on any atom is 0.254 e. The fraction of sp³-hybridized carbons (Fsp3) is 0.261. The zero-order valence-corrected chi connectivity index (χ0v) is 18.6. The highest BCUT2D eigenvalue weighted by molar-refractivity contribution is 6.30. The van der Waals surface area contributed by atoms with Crippen molar-refractivity contribution in [2.24, 2.45) is 0 Å². The second-order valence-corrected chi connectivity index (χ2v) is 8.35. The predicted octanol–water partition coefficient (Wildman–Crippen LogP) is 3.36. The maximum atomic E-state index is 13.0. The topological polar surface area (TPSA) is 117 Å². The van der Waals surface area contributed by atoms with E-state index in [1.54, 1.807) is 42.3 Å². The molecule has 3 heterocycles. The van der Waals surface area contributed by atoms with Crippen LogP contribution in [0.1, 0.15) is 44.1 Å². The van der Waals surface area contributed by atoms with Crippen LogP contribution in [0.25, 0.3) is 11.0 Å². The summed E-state index contributed by atoms with van der Waals surface area (Å²) >= 11 is 6.09. The highest BCUT2D eigenvalue weighted by atomic mass is 35.5. The molecule has 0 fully saturated rings. The van der Waals surface area contributed by atoms with Crippen molar-refractivity contribution in [2.75, 3.05) is 13.7 Å². The third-order valence-corrected chi connectivity index (χ3v) is 6.15. The molecule has 10 heteroatoms. The van der Waals surface area contributed by atoms with Crippen molar-refractivity contribution in [3.05, 3.63) is 69.5 Å². The zero-order chi connectivity index (χ0) is 22.9. The first-order chi connectivity index (χ1) is 16.0. The lowest BCUT2D eigenvalue weighted by molar-refractivity contribution is 0.0732. The Labute approximate surface area is 194 Å². The molecule has 1 aliphatic heterocycles. The lowest BCUT2D eigenvalue weighted by Gasteiger charge is -2.27. The first kappa shape index (κ1) is 21.1. The molecular weight excluding hydrogens is 444 g/mol. The molecule has 168 valence electrons. The van der Waals surface area contributed by atoms with E-state index in [9.17, 15) is 9.59 Å². The number of hydrogen-bond acceptors (Lipinski definition) is 6. The number of H-pyrrole nitrogens is 2. The number of benzene rings is 2. The van der Waals surface area contributed by atoms with E-state index in [2.05, 4.69) is 25.6 Å². The van der Waals surface area contributed by atoms with Gasteiger partial charge in [-0.1, -0.05) is 11.6 Å². The van der Waals surface area contributed by atoms with Crippen molar-refractivity contribution < 1.29 is 14.3 Å². The first-order valence-electron chi connectivity index (χ1n) is 10.5. The second kappa shape index (κ2) is 8.67. The number of fused-ring (bicyclic) bond motifs is 2. The number of halogens is 1. The normalized spacial score (nSPS) is 13.2. The van der Waals surface area contributed by atoms with Crippen LogP contribution in [-0.2, 0) is 19.4 Å². The number of aromatic amines is 2. The van der Waals surface area contributed by atoms with Gasteiger partial charge >= 0.3 is 0 Å². The van der Waals surface area contributed by atoms with Gasteiger partial charge in [-0.2, -0.15) is 20.5 Å². The molecule has 2 aromatic carbocycles. The second-order valence-electron chi connectivity index (χ2n) is 7.91. The molecule has 0 bridgehead atoms. The Morgan fingerprint density at radius 3 is 2.82 bits per heavy atom. The average molecular weight is 465 g/mol. The number of nitrogens with one attached hydrogen (secondary N) is 2. The van der Waals surface area contributed by atoms with Gasteiger partial charge in [-0.25, -0.2) is 0 Å². The third kappa shape index (κ3) is 4.07. The Bertz CT molecular complexity index is 1360.